The van der Waals surface area contributed by atoms with Crippen LogP contribution in [0.2, 0.25) is 0 Å². The molecule has 2 aromatic heterocycles. The number of nitrogens with one attached hydrogen (secondary N) is 1. The Labute approximate surface area is 239 Å². The molecule has 0 radical (unpaired) electrons. The summed E-state index contributed by atoms with van der Waals surface area (Å²) in [5.41, 5.74) is 5.38. The van der Waals surface area contributed by atoms with Gasteiger partial charge in [-0.1, -0.05) is 5.16 Å². The smallest absolute Gasteiger partial charge is 0.543 e. The minimum absolute atomic E-state index is 0. The predicted octanol–water partition coefficient (Wildman–Crippen LogP) is -3.46. The molecule has 36 heavy (non-hydrogen) atoms. The van der Waals surface area contributed by atoms with Crippen molar-refractivity contribution in [1.29, 1.82) is 0 Å². The molecule has 184 valence electrons. The maximum absolute atomic E-state index is 12.9. The zero-order valence-electron chi connectivity index (χ0n) is 19.3. The number of carboxylic acids is 1. The van der Waals surface area contributed by atoms with E-state index in [2.05, 4.69) is 15.5 Å². The first kappa shape index (κ1) is 28.3. The van der Waals surface area contributed by atoms with Gasteiger partial charge < -0.3 is 30.2 Å². The number of carboxylic acid groups (broad SMARTS) is 1. The summed E-state index contributed by atoms with van der Waals surface area (Å²) >= 11 is 3.66. The van der Waals surface area contributed by atoms with Gasteiger partial charge in [-0.05, 0) is 18.6 Å². The van der Waals surface area contributed by atoms with Crippen LogP contribution in [0, 0.1) is 6.92 Å². The van der Waals surface area contributed by atoms with E-state index in [1.807, 2.05) is 0 Å². The van der Waals surface area contributed by atoms with Gasteiger partial charge in [0.05, 0.1) is 11.7 Å². The Hall–Kier alpha value is -2.30. The second kappa shape index (κ2) is 11.8. The first-order valence-electron chi connectivity index (χ1n) is 9.95. The van der Waals surface area contributed by atoms with Crippen LogP contribution < -0.4 is 51.3 Å². The number of β-lactam (4-membered cyclic amide) rings is 1. The molecule has 2 amide bonds. The van der Waals surface area contributed by atoms with Crippen molar-refractivity contribution >= 4 is 63.5 Å². The molecule has 12 nitrogen and oxygen atoms in total. The summed E-state index contributed by atoms with van der Waals surface area (Å²) in [6, 6.07) is 2.00. The van der Waals surface area contributed by atoms with Crippen LogP contribution in [0.4, 0.5) is 5.13 Å². The van der Waals surface area contributed by atoms with Gasteiger partial charge in [-0.2, -0.15) is 0 Å². The Morgan fingerprint density at radius 1 is 1.42 bits per heavy atom. The topological polar surface area (TPSA) is 180 Å². The maximum Gasteiger partial charge on any atom is 1.00 e. The quantitative estimate of drug-likeness (QED) is 0.108. The molecule has 0 aromatic carbocycles. The molecule has 4 rings (SSSR count). The molecule has 1 saturated heterocycles. The van der Waals surface area contributed by atoms with Gasteiger partial charge in [0, 0.05) is 27.8 Å². The molecule has 1 fully saturated rings. The van der Waals surface area contributed by atoms with E-state index >= 15 is 0 Å². The van der Waals surface area contributed by atoms with E-state index in [-0.39, 0.29) is 57.5 Å². The number of thiazole rings is 1. The van der Waals surface area contributed by atoms with E-state index in [4.69, 9.17) is 15.0 Å². The zero-order chi connectivity index (χ0) is 25.3. The van der Waals surface area contributed by atoms with Gasteiger partial charge in [-0.3, -0.25) is 14.5 Å². The number of aliphatic carboxylic acids is 1. The molecular weight excluding hydrogens is 541 g/mol. The van der Waals surface area contributed by atoms with Crippen LogP contribution in [0.5, 0.6) is 0 Å². The largest absolute Gasteiger partial charge is 1.00 e. The van der Waals surface area contributed by atoms with Gasteiger partial charge in [0.1, 0.15) is 30.0 Å². The van der Waals surface area contributed by atoms with Gasteiger partial charge in [0.25, 0.3) is 11.8 Å². The fourth-order valence-corrected chi connectivity index (χ4v) is 6.55. The van der Waals surface area contributed by atoms with E-state index in [9.17, 15) is 24.3 Å². The molecule has 4 heterocycles. The van der Waals surface area contributed by atoms with Crippen LogP contribution in [0.15, 0.2) is 48.0 Å². The number of hydrogen-bond donors (Lipinski definition) is 2. The zero-order valence-corrected chi connectivity index (χ0v) is 23.8. The Morgan fingerprint density at radius 3 is 2.78 bits per heavy atom. The van der Waals surface area contributed by atoms with Crippen LogP contribution in [-0.4, -0.2) is 63.4 Å². The van der Waals surface area contributed by atoms with Crippen molar-refractivity contribution in [3.05, 3.63) is 50.7 Å². The molecule has 0 bridgehead atoms. The number of hydrogen-bond acceptors (Lipinski definition) is 13. The number of aromatic nitrogens is 1. The Balaban J connectivity index is 0.00000361. The van der Waals surface area contributed by atoms with Gasteiger partial charge in [-0.25, -0.2) is 9.78 Å². The van der Waals surface area contributed by atoms with Crippen molar-refractivity contribution in [2.75, 3.05) is 24.3 Å². The van der Waals surface area contributed by atoms with E-state index in [1.54, 1.807) is 13.0 Å². The number of aryl methyl sites for hydroxylation is 1. The first-order valence-corrected chi connectivity index (χ1v) is 12.9. The molecule has 16 heteroatoms. The van der Waals surface area contributed by atoms with E-state index in [0.717, 1.165) is 16.2 Å². The summed E-state index contributed by atoms with van der Waals surface area (Å²) in [6.45, 7) is 1.64. The fourth-order valence-electron chi connectivity index (χ4n) is 3.51. The molecule has 0 aliphatic carbocycles. The fraction of sp³-hybridized carbons (Fsp3) is 0.300. The molecule has 0 saturated carbocycles. The van der Waals surface area contributed by atoms with Crippen LogP contribution >= 0.6 is 34.9 Å². The van der Waals surface area contributed by atoms with Gasteiger partial charge in [0.2, 0.25) is 0 Å². The number of nitrogen functional groups attached to an aromatic ring is 1. The minimum Gasteiger partial charge on any atom is -0.543 e. The summed E-state index contributed by atoms with van der Waals surface area (Å²) < 4.78 is 4.93. The maximum atomic E-state index is 12.9. The van der Waals surface area contributed by atoms with Crippen LogP contribution in [0.1, 0.15) is 11.5 Å². The Kier molecular flexibility index (Phi) is 9.29. The molecule has 2 aliphatic rings. The summed E-state index contributed by atoms with van der Waals surface area (Å²) in [5, 5.41) is 19.3. The number of fused-ring (bicyclic) bond motifs is 1. The molecule has 3 N–H and O–H groups in total. The average molecular weight is 560 g/mol. The molecule has 2 aromatic rings. The second-order valence-electron chi connectivity index (χ2n) is 7.31. The standard InChI is InChI=1S/C20H19N5O7S3.Na/c1-8-3-10(4-12(26)32-8)33-5-9-6-34-18-14(17(28)25(18)15(9)19(29)30)23-16(27)13(24-31-2)11-7-35-20(21)22-11;/h3-4,7,14,18H,5-6H2,1-2H3,(H2,21,22)(H,23,27)(H,29,30);/q;+1/p-1/b24-13-;/t14-,18+;/m0./s1. The molecule has 0 unspecified atom stereocenters. The number of rotatable bonds is 8. The first-order chi connectivity index (χ1) is 16.7. The van der Waals surface area contributed by atoms with Gasteiger partial charge in [-0.15, -0.1) is 34.9 Å². The number of nitrogens with two attached hydrogens (primary N) is 1. The summed E-state index contributed by atoms with van der Waals surface area (Å²) in [5.74, 6) is -1.85. The molecule has 0 spiro atoms. The van der Waals surface area contributed by atoms with Crippen molar-refractivity contribution in [3.63, 3.8) is 0 Å². The van der Waals surface area contributed by atoms with Gasteiger partial charge in [0.15, 0.2) is 10.8 Å². The van der Waals surface area contributed by atoms with Crippen LogP contribution in [0.3, 0.4) is 0 Å². The van der Waals surface area contributed by atoms with E-state index < -0.39 is 34.8 Å². The van der Waals surface area contributed by atoms with E-state index in [1.165, 1.54) is 42.1 Å². The number of carbonyl (C=O) groups excluding carboxylic acids is 3. The second-order valence-corrected chi connectivity index (χ2v) is 10.3. The SMILES string of the molecule is CO/N=C(\C(=O)N[C@H]1C(=O)N2C(C(=O)[O-])=C(CSc3cc(C)oc(=O)c3)CS[C@H]12)c1csc(N)n1.[Na+]. The Bertz CT molecular complexity index is 1320. The summed E-state index contributed by atoms with van der Waals surface area (Å²) in [4.78, 5) is 59.7. The normalized spacial score (nSPS) is 19.2. The number of nitrogens with zero attached hydrogens (tertiary/aromatic N) is 3. The Morgan fingerprint density at radius 2 is 2.17 bits per heavy atom. The number of thioether (sulfide) groups is 2. The monoisotopic (exact) mass is 559 g/mol. The van der Waals surface area contributed by atoms with Crippen molar-refractivity contribution in [2.24, 2.45) is 5.16 Å². The summed E-state index contributed by atoms with van der Waals surface area (Å²) in [7, 11) is 1.26. The number of carbonyl (C=O) groups is 3. The number of oxime groups is 1. The predicted molar refractivity (Wildman–Crippen MR) is 128 cm³/mol. The molecule has 2 aliphatic heterocycles. The van der Waals surface area contributed by atoms with Crippen molar-refractivity contribution in [1.82, 2.24) is 15.2 Å². The number of amides is 2. The van der Waals surface area contributed by atoms with Crippen LogP contribution in [-0.2, 0) is 19.2 Å². The number of anilines is 1. The van der Waals surface area contributed by atoms with Crippen LogP contribution in [0.25, 0.3) is 0 Å². The van der Waals surface area contributed by atoms with Crippen molar-refractivity contribution in [3.8, 4) is 0 Å². The summed E-state index contributed by atoms with van der Waals surface area (Å²) in [6.07, 6.45) is 0. The van der Waals surface area contributed by atoms with Crippen molar-refractivity contribution < 1.29 is 58.3 Å². The van der Waals surface area contributed by atoms with Gasteiger partial charge >= 0.3 is 35.2 Å². The molecule has 2 atom stereocenters. The van der Waals surface area contributed by atoms with E-state index in [0.29, 0.717) is 22.0 Å². The third-order valence-electron chi connectivity index (χ3n) is 4.97. The van der Waals surface area contributed by atoms with Crippen molar-refractivity contribution in [2.45, 2.75) is 23.2 Å². The molecular formula is C20H18N5NaO7S3. The average Bonchev–Trinajstić information content (AvgIpc) is 3.23. The minimum atomic E-state index is -1.49. The third kappa shape index (κ3) is 5.81. The third-order valence-corrected chi connectivity index (χ3v) is 8.05.